The van der Waals surface area contributed by atoms with Gasteiger partial charge in [0.05, 0.1) is 0 Å². The Morgan fingerprint density at radius 2 is 1.95 bits per heavy atom. The molecule has 0 N–H and O–H groups in total. The van der Waals surface area contributed by atoms with E-state index in [0.29, 0.717) is 11.6 Å². The van der Waals surface area contributed by atoms with Gasteiger partial charge in [-0.2, -0.15) is 0 Å². The maximum absolute atomic E-state index is 12.2. The van der Waals surface area contributed by atoms with E-state index in [1.807, 2.05) is 18.2 Å². The van der Waals surface area contributed by atoms with E-state index in [1.165, 1.54) is 0 Å². The number of rotatable bonds is 3. The SMILES string of the molecule is C=C(C)C(=O)OC1(c2ccccc2)CC(C)N(C)CC1C. The topological polar surface area (TPSA) is 29.5 Å². The quantitative estimate of drug-likeness (QED) is 0.630. The molecular formula is C18H25NO2. The molecule has 1 heterocycles. The van der Waals surface area contributed by atoms with E-state index < -0.39 is 5.60 Å². The lowest BCUT2D eigenvalue weighted by Gasteiger charge is -2.48. The number of nitrogens with zero attached hydrogens (tertiary/aromatic N) is 1. The van der Waals surface area contributed by atoms with Crippen molar-refractivity contribution < 1.29 is 9.53 Å². The molecule has 1 aromatic rings. The van der Waals surface area contributed by atoms with Crippen LogP contribution in [-0.2, 0) is 15.1 Å². The summed E-state index contributed by atoms with van der Waals surface area (Å²) in [6.07, 6.45) is 0.799. The molecular weight excluding hydrogens is 262 g/mol. The minimum Gasteiger partial charge on any atom is -0.450 e. The van der Waals surface area contributed by atoms with E-state index in [-0.39, 0.29) is 11.9 Å². The Bertz CT molecular complexity index is 525. The zero-order valence-electron chi connectivity index (χ0n) is 13.4. The molecule has 1 aromatic carbocycles. The monoisotopic (exact) mass is 287 g/mol. The minimum absolute atomic E-state index is 0.226. The van der Waals surface area contributed by atoms with Crippen LogP contribution in [0.3, 0.4) is 0 Å². The number of ether oxygens (including phenoxy) is 1. The molecule has 3 heteroatoms. The lowest BCUT2D eigenvalue weighted by Crippen LogP contribution is -2.53. The van der Waals surface area contributed by atoms with Gasteiger partial charge in [0.25, 0.3) is 0 Å². The third-order valence-corrected chi connectivity index (χ3v) is 4.59. The van der Waals surface area contributed by atoms with Gasteiger partial charge in [0.15, 0.2) is 0 Å². The number of piperidine rings is 1. The number of likely N-dealkylation sites (tertiary alicyclic amines) is 1. The molecule has 1 saturated heterocycles. The van der Waals surface area contributed by atoms with Crippen molar-refractivity contribution in [1.82, 2.24) is 4.90 Å². The highest BCUT2D eigenvalue weighted by Crippen LogP contribution is 2.43. The highest BCUT2D eigenvalue weighted by molar-refractivity contribution is 5.87. The zero-order valence-corrected chi connectivity index (χ0v) is 13.4. The van der Waals surface area contributed by atoms with E-state index in [1.54, 1.807) is 6.92 Å². The summed E-state index contributed by atoms with van der Waals surface area (Å²) in [6, 6.07) is 10.5. The van der Waals surface area contributed by atoms with Crippen molar-refractivity contribution in [2.24, 2.45) is 5.92 Å². The molecule has 0 aliphatic carbocycles. The average molecular weight is 287 g/mol. The molecule has 2 rings (SSSR count). The van der Waals surface area contributed by atoms with Gasteiger partial charge in [-0.1, -0.05) is 43.8 Å². The maximum atomic E-state index is 12.2. The number of benzene rings is 1. The van der Waals surface area contributed by atoms with Gasteiger partial charge < -0.3 is 9.64 Å². The molecule has 0 bridgehead atoms. The van der Waals surface area contributed by atoms with Crippen molar-refractivity contribution in [2.45, 2.75) is 38.8 Å². The van der Waals surface area contributed by atoms with Crippen molar-refractivity contribution in [1.29, 1.82) is 0 Å². The van der Waals surface area contributed by atoms with Crippen LogP contribution < -0.4 is 0 Å². The largest absolute Gasteiger partial charge is 0.450 e. The van der Waals surface area contributed by atoms with E-state index in [0.717, 1.165) is 18.5 Å². The van der Waals surface area contributed by atoms with Crippen LogP contribution >= 0.6 is 0 Å². The summed E-state index contributed by atoms with van der Waals surface area (Å²) < 4.78 is 5.99. The number of esters is 1. The Morgan fingerprint density at radius 3 is 2.52 bits per heavy atom. The van der Waals surface area contributed by atoms with Gasteiger partial charge in [0.2, 0.25) is 0 Å². The van der Waals surface area contributed by atoms with Gasteiger partial charge in [-0.15, -0.1) is 0 Å². The molecule has 0 amide bonds. The van der Waals surface area contributed by atoms with Gasteiger partial charge in [0.1, 0.15) is 5.60 Å². The zero-order chi connectivity index (χ0) is 15.6. The number of hydrogen-bond acceptors (Lipinski definition) is 3. The van der Waals surface area contributed by atoms with E-state index >= 15 is 0 Å². The van der Waals surface area contributed by atoms with Crippen LogP contribution in [0, 0.1) is 5.92 Å². The minimum atomic E-state index is -0.566. The van der Waals surface area contributed by atoms with Crippen LogP contribution in [0.2, 0.25) is 0 Å². The molecule has 0 aromatic heterocycles. The fraction of sp³-hybridized carbons (Fsp3) is 0.500. The molecule has 1 aliphatic rings. The van der Waals surface area contributed by atoms with Crippen molar-refractivity contribution >= 4 is 5.97 Å². The lowest BCUT2D eigenvalue weighted by molar-refractivity contribution is -0.173. The third-order valence-electron chi connectivity index (χ3n) is 4.59. The van der Waals surface area contributed by atoms with E-state index in [9.17, 15) is 4.79 Å². The fourth-order valence-electron chi connectivity index (χ4n) is 3.13. The molecule has 3 nitrogen and oxygen atoms in total. The molecule has 114 valence electrons. The van der Waals surface area contributed by atoms with Gasteiger partial charge in [-0.25, -0.2) is 4.79 Å². The third kappa shape index (κ3) is 3.03. The first-order valence-electron chi connectivity index (χ1n) is 7.51. The van der Waals surface area contributed by atoms with Crippen molar-refractivity contribution in [3.05, 3.63) is 48.0 Å². The second-order valence-electron chi connectivity index (χ2n) is 6.32. The molecule has 0 radical (unpaired) electrons. The number of carbonyl (C=O) groups excluding carboxylic acids is 1. The highest BCUT2D eigenvalue weighted by Gasteiger charge is 2.47. The maximum Gasteiger partial charge on any atom is 0.334 e. The van der Waals surface area contributed by atoms with Crippen molar-refractivity contribution in [3.8, 4) is 0 Å². The van der Waals surface area contributed by atoms with Crippen molar-refractivity contribution in [2.75, 3.05) is 13.6 Å². The first kappa shape index (κ1) is 15.8. The van der Waals surface area contributed by atoms with Crippen LogP contribution in [0.25, 0.3) is 0 Å². The Kier molecular flexibility index (Phi) is 4.52. The molecule has 1 aliphatic heterocycles. The lowest BCUT2D eigenvalue weighted by atomic mass is 9.74. The van der Waals surface area contributed by atoms with Crippen LogP contribution in [0.4, 0.5) is 0 Å². The summed E-state index contributed by atoms with van der Waals surface area (Å²) in [7, 11) is 2.12. The Hall–Kier alpha value is -1.61. The van der Waals surface area contributed by atoms with Crippen LogP contribution in [0.1, 0.15) is 32.8 Å². The molecule has 0 saturated carbocycles. The predicted molar refractivity (Wildman–Crippen MR) is 84.9 cm³/mol. The second-order valence-corrected chi connectivity index (χ2v) is 6.32. The summed E-state index contributed by atoms with van der Waals surface area (Å²) in [5.74, 6) is -0.0770. The smallest absolute Gasteiger partial charge is 0.334 e. The number of carbonyl (C=O) groups is 1. The molecule has 21 heavy (non-hydrogen) atoms. The van der Waals surface area contributed by atoms with Gasteiger partial charge >= 0.3 is 5.97 Å². The normalized spacial score (nSPS) is 29.9. The fourth-order valence-corrected chi connectivity index (χ4v) is 3.13. The van der Waals surface area contributed by atoms with Gasteiger partial charge in [-0.3, -0.25) is 0 Å². The van der Waals surface area contributed by atoms with Gasteiger partial charge in [0, 0.05) is 30.5 Å². The summed E-state index contributed by atoms with van der Waals surface area (Å²) in [5, 5.41) is 0. The summed E-state index contributed by atoms with van der Waals surface area (Å²) in [4.78, 5) is 14.5. The Labute approximate surface area is 127 Å². The molecule has 0 spiro atoms. The Balaban J connectivity index is 2.44. The molecule has 1 fully saturated rings. The summed E-state index contributed by atoms with van der Waals surface area (Å²) in [6.45, 7) is 10.7. The molecule has 3 atom stereocenters. The summed E-state index contributed by atoms with van der Waals surface area (Å²) in [5.41, 5.74) is 0.958. The first-order valence-corrected chi connectivity index (χ1v) is 7.51. The summed E-state index contributed by atoms with van der Waals surface area (Å²) >= 11 is 0. The van der Waals surface area contributed by atoms with E-state index in [4.69, 9.17) is 4.74 Å². The highest BCUT2D eigenvalue weighted by atomic mass is 16.6. The molecule has 3 unspecified atom stereocenters. The second kappa shape index (κ2) is 6.02. The van der Waals surface area contributed by atoms with Crippen LogP contribution in [-0.4, -0.2) is 30.5 Å². The predicted octanol–water partition coefficient (Wildman–Crippen LogP) is 3.36. The number of hydrogen-bond donors (Lipinski definition) is 0. The van der Waals surface area contributed by atoms with E-state index in [2.05, 4.69) is 44.5 Å². The average Bonchev–Trinajstić information content (AvgIpc) is 2.45. The van der Waals surface area contributed by atoms with Gasteiger partial charge in [-0.05, 0) is 26.5 Å². The van der Waals surface area contributed by atoms with Crippen LogP contribution in [0.15, 0.2) is 42.5 Å². The Morgan fingerprint density at radius 1 is 1.33 bits per heavy atom. The standard InChI is InChI=1S/C18H25NO2/c1-13(2)17(20)21-18(16-9-7-6-8-10-16)11-15(4)19(5)12-14(18)3/h6-10,14-15H,1,11-12H2,2-5H3. The van der Waals surface area contributed by atoms with Crippen molar-refractivity contribution in [3.63, 3.8) is 0 Å². The van der Waals surface area contributed by atoms with Crippen LogP contribution in [0.5, 0.6) is 0 Å². The first-order chi connectivity index (χ1) is 9.86.